The van der Waals surface area contributed by atoms with Gasteiger partial charge in [-0.15, -0.1) is 0 Å². The normalized spacial score (nSPS) is 12.1. The zero-order valence-electron chi connectivity index (χ0n) is 12.5. The van der Waals surface area contributed by atoms with Crippen LogP contribution >= 0.6 is 0 Å². The minimum atomic E-state index is -1.33. The van der Waals surface area contributed by atoms with E-state index in [4.69, 9.17) is 20.0 Å². The molecule has 2 aromatic rings. The number of rotatable bonds is 4. The molecule has 0 fully saturated rings. The highest BCUT2D eigenvalue weighted by molar-refractivity contribution is 6.29. The van der Waals surface area contributed by atoms with Gasteiger partial charge in [-0.3, -0.25) is 0 Å². The summed E-state index contributed by atoms with van der Waals surface area (Å²) in [5.74, 6) is -2.66. The molecule has 0 aliphatic carbocycles. The van der Waals surface area contributed by atoms with Crippen LogP contribution in [0.15, 0.2) is 60.7 Å². The summed E-state index contributed by atoms with van der Waals surface area (Å²) < 4.78 is 9.69. The van der Waals surface area contributed by atoms with Crippen LogP contribution in [0.3, 0.4) is 0 Å². The Bertz CT molecular complexity index is 722. The van der Waals surface area contributed by atoms with Crippen molar-refractivity contribution in [3.8, 4) is 12.1 Å². The number of esters is 2. The molecule has 118 valence electrons. The molecular formula is C18H12N2O4. The summed E-state index contributed by atoms with van der Waals surface area (Å²) in [7, 11) is 0. The van der Waals surface area contributed by atoms with Crippen LogP contribution in [0.5, 0.6) is 0 Å². The molecule has 0 aliphatic rings. The Balaban J connectivity index is 2.03. The van der Waals surface area contributed by atoms with Gasteiger partial charge in [0.1, 0.15) is 12.1 Å². The number of ether oxygens (including phenoxy) is 2. The third-order valence-electron chi connectivity index (χ3n) is 3.06. The van der Waals surface area contributed by atoms with Crippen LogP contribution in [0, 0.1) is 22.7 Å². The molecule has 0 spiro atoms. The molecular weight excluding hydrogens is 308 g/mol. The lowest BCUT2D eigenvalue weighted by molar-refractivity contribution is -0.171. The highest BCUT2D eigenvalue weighted by atomic mass is 16.6. The summed E-state index contributed by atoms with van der Waals surface area (Å²) in [5, 5.41) is 18.2. The standard InChI is InChI=1S/C18H12N2O4/c19-11-15(13-7-3-1-4-8-13)23-17(21)18(22)24-16(12-20)14-9-5-2-6-10-14/h1-10,15-16H/t15-,16-/m0/s1. The Kier molecular flexibility index (Phi) is 5.65. The van der Waals surface area contributed by atoms with E-state index in [0.717, 1.165) is 0 Å². The number of hydrogen-bond acceptors (Lipinski definition) is 6. The van der Waals surface area contributed by atoms with Crippen molar-refractivity contribution in [1.29, 1.82) is 10.5 Å². The van der Waals surface area contributed by atoms with Crippen LogP contribution in [-0.2, 0) is 19.1 Å². The van der Waals surface area contributed by atoms with E-state index in [1.807, 2.05) is 0 Å². The molecule has 0 radical (unpaired) electrons. The molecule has 0 N–H and O–H groups in total. The molecule has 0 unspecified atom stereocenters. The summed E-state index contributed by atoms with van der Waals surface area (Å²) in [6.45, 7) is 0. The fraction of sp³-hybridized carbons (Fsp3) is 0.111. The number of carbonyl (C=O) groups is 2. The van der Waals surface area contributed by atoms with E-state index < -0.39 is 24.1 Å². The third-order valence-corrected chi connectivity index (χ3v) is 3.06. The maximum Gasteiger partial charge on any atom is 0.419 e. The van der Waals surface area contributed by atoms with Crippen molar-refractivity contribution in [2.45, 2.75) is 12.2 Å². The average Bonchev–Trinajstić information content (AvgIpc) is 2.65. The summed E-state index contributed by atoms with van der Waals surface area (Å²) in [5.41, 5.74) is 0.863. The first-order chi connectivity index (χ1) is 11.7. The highest BCUT2D eigenvalue weighted by Gasteiger charge is 2.27. The van der Waals surface area contributed by atoms with Crippen molar-refractivity contribution in [2.75, 3.05) is 0 Å². The molecule has 0 heterocycles. The van der Waals surface area contributed by atoms with Gasteiger partial charge in [0.15, 0.2) is 0 Å². The Morgan fingerprint density at radius 3 is 1.33 bits per heavy atom. The monoisotopic (exact) mass is 320 g/mol. The SMILES string of the molecule is N#C[C@H](OC(=O)C(=O)O[C@@H](C#N)c1ccccc1)c1ccccc1. The molecule has 0 aromatic heterocycles. The van der Waals surface area contributed by atoms with E-state index in [9.17, 15) is 9.59 Å². The largest absolute Gasteiger partial charge is 0.434 e. The van der Waals surface area contributed by atoms with E-state index in [2.05, 4.69) is 0 Å². The number of hydrogen-bond donors (Lipinski definition) is 0. The topological polar surface area (TPSA) is 100 Å². The predicted octanol–water partition coefficient (Wildman–Crippen LogP) is 2.60. The highest BCUT2D eigenvalue weighted by Crippen LogP contribution is 2.19. The Morgan fingerprint density at radius 1 is 0.708 bits per heavy atom. The van der Waals surface area contributed by atoms with Crippen molar-refractivity contribution in [3.05, 3.63) is 71.8 Å². The first-order valence-corrected chi connectivity index (χ1v) is 6.96. The Labute approximate surface area is 138 Å². The van der Waals surface area contributed by atoms with Gasteiger partial charge in [0.25, 0.3) is 0 Å². The van der Waals surface area contributed by atoms with Gasteiger partial charge >= 0.3 is 11.9 Å². The minimum Gasteiger partial charge on any atom is -0.434 e. The van der Waals surface area contributed by atoms with Gasteiger partial charge in [-0.25, -0.2) is 9.59 Å². The zero-order valence-corrected chi connectivity index (χ0v) is 12.5. The second kappa shape index (κ2) is 8.11. The molecule has 2 atom stereocenters. The van der Waals surface area contributed by atoms with E-state index >= 15 is 0 Å². The average molecular weight is 320 g/mol. The fourth-order valence-corrected chi connectivity index (χ4v) is 1.90. The van der Waals surface area contributed by atoms with Gasteiger partial charge in [-0.1, -0.05) is 60.7 Å². The fourth-order valence-electron chi connectivity index (χ4n) is 1.90. The van der Waals surface area contributed by atoms with Crippen molar-refractivity contribution in [1.82, 2.24) is 0 Å². The van der Waals surface area contributed by atoms with Gasteiger partial charge in [0, 0.05) is 11.1 Å². The van der Waals surface area contributed by atoms with Gasteiger partial charge in [0.05, 0.1) is 0 Å². The predicted molar refractivity (Wildman–Crippen MR) is 81.8 cm³/mol. The Morgan fingerprint density at radius 2 is 1.04 bits per heavy atom. The van der Waals surface area contributed by atoms with Gasteiger partial charge in [0.2, 0.25) is 12.2 Å². The molecule has 6 nitrogen and oxygen atoms in total. The van der Waals surface area contributed by atoms with E-state index in [-0.39, 0.29) is 0 Å². The molecule has 0 amide bonds. The maximum absolute atomic E-state index is 11.8. The molecule has 0 saturated carbocycles. The molecule has 0 saturated heterocycles. The first-order valence-electron chi connectivity index (χ1n) is 6.96. The van der Waals surface area contributed by atoms with Crippen molar-refractivity contribution in [3.63, 3.8) is 0 Å². The molecule has 0 bridgehead atoms. The molecule has 0 aliphatic heterocycles. The summed E-state index contributed by atoms with van der Waals surface area (Å²) in [4.78, 5) is 23.6. The van der Waals surface area contributed by atoms with Crippen molar-refractivity contribution >= 4 is 11.9 Å². The first kappa shape index (κ1) is 16.7. The van der Waals surface area contributed by atoms with E-state index in [1.54, 1.807) is 72.8 Å². The summed E-state index contributed by atoms with van der Waals surface area (Å²) in [6.07, 6.45) is -2.47. The van der Waals surface area contributed by atoms with E-state index in [1.165, 1.54) is 0 Å². The molecule has 6 heteroatoms. The van der Waals surface area contributed by atoms with Crippen LogP contribution in [0.25, 0.3) is 0 Å². The number of nitrogens with zero attached hydrogens (tertiary/aromatic N) is 2. The van der Waals surface area contributed by atoms with Crippen LogP contribution < -0.4 is 0 Å². The summed E-state index contributed by atoms with van der Waals surface area (Å²) >= 11 is 0. The minimum absolute atomic E-state index is 0.432. The van der Waals surface area contributed by atoms with Crippen molar-refractivity contribution in [2.24, 2.45) is 0 Å². The number of benzene rings is 2. The van der Waals surface area contributed by atoms with Gasteiger partial charge < -0.3 is 9.47 Å². The lowest BCUT2D eigenvalue weighted by Crippen LogP contribution is -2.23. The third kappa shape index (κ3) is 4.19. The Hall–Kier alpha value is -3.64. The van der Waals surface area contributed by atoms with Crippen LogP contribution in [-0.4, -0.2) is 11.9 Å². The quantitative estimate of drug-likeness (QED) is 0.634. The second-order valence-electron chi connectivity index (χ2n) is 4.65. The smallest absolute Gasteiger partial charge is 0.419 e. The molecule has 2 rings (SSSR count). The zero-order chi connectivity index (χ0) is 17.4. The van der Waals surface area contributed by atoms with Gasteiger partial charge in [-0.05, 0) is 0 Å². The van der Waals surface area contributed by atoms with Crippen LogP contribution in [0.4, 0.5) is 0 Å². The van der Waals surface area contributed by atoms with Gasteiger partial charge in [-0.2, -0.15) is 10.5 Å². The second-order valence-corrected chi connectivity index (χ2v) is 4.65. The lowest BCUT2D eigenvalue weighted by Gasteiger charge is -2.13. The van der Waals surface area contributed by atoms with Crippen molar-refractivity contribution < 1.29 is 19.1 Å². The number of carbonyl (C=O) groups excluding carboxylic acids is 2. The van der Waals surface area contributed by atoms with E-state index in [0.29, 0.717) is 11.1 Å². The van der Waals surface area contributed by atoms with Crippen LogP contribution in [0.1, 0.15) is 23.3 Å². The summed E-state index contributed by atoms with van der Waals surface area (Å²) in [6, 6.07) is 20.1. The lowest BCUT2D eigenvalue weighted by atomic mass is 10.1. The van der Waals surface area contributed by atoms with Crippen LogP contribution in [0.2, 0.25) is 0 Å². The number of nitriles is 2. The molecule has 2 aromatic carbocycles. The molecule has 24 heavy (non-hydrogen) atoms. The maximum atomic E-state index is 11.8.